The molecule has 15 heavy (non-hydrogen) atoms. The predicted octanol–water partition coefficient (Wildman–Crippen LogP) is 3.40. The molecule has 0 aliphatic carbocycles. The molecule has 0 bridgehead atoms. The Balaban J connectivity index is 4.09. The maximum Gasteiger partial charge on any atom is 0.155 e. The van der Waals surface area contributed by atoms with Crippen LogP contribution in [0.25, 0.3) is 0 Å². The van der Waals surface area contributed by atoms with Gasteiger partial charge in [0, 0.05) is 4.83 Å². The van der Waals surface area contributed by atoms with E-state index in [1.165, 1.54) is 0 Å². The van der Waals surface area contributed by atoms with Crippen LogP contribution in [0.5, 0.6) is 0 Å². The van der Waals surface area contributed by atoms with Gasteiger partial charge in [0.1, 0.15) is 0 Å². The number of rotatable bonds is 5. The first-order chi connectivity index (χ1) is 6.58. The Bertz CT molecular complexity index is 275. The van der Waals surface area contributed by atoms with E-state index in [1.54, 1.807) is 20.8 Å². The summed E-state index contributed by atoms with van der Waals surface area (Å²) in [5.74, 6) is 0.855. The summed E-state index contributed by atoms with van der Waals surface area (Å²) in [6, 6.07) is 0. The van der Waals surface area contributed by atoms with Crippen molar-refractivity contribution >= 4 is 25.8 Å². The van der Waals surface area contributed by atoms with Gasteiger partial charge in [-0.1, -0.05) is 29.8 Å². The van der Waals surface area contributed by atoms with Crippen molar-refractivity contribution in [3.8, 4) is 0 Å². The van der Waals surface area contributed by atoms with Crippen LogP contribution in [0.2, 0.25) is 0 Å². The molecule has 0 amide bonds. The fourth-order valence-electron chi connectivity index (χ4n) is 1.11. The van der Waals surface area contributed by atoms with E-state index in [9.17, 15) is 8.42 Å². The van der Waals surface area contributed by atoms with Crippen molar-refractivity contribution in [2.75, 3.05) is 5.75 Å². The van der Waals surface area contributed by atoms with Gasteiger partial charge in [0.2, 0.25) is 0 Å². The molecule has 0 radical (unpaired) electrons. The van der Waals surface area contributed by atoms with Crippen molar-refractivity contribution in [3.05, 3.63) is 0 Å². The fourth-order valence-corrected chi connectivity index (χ4v) is 2.59. The Morgan fingerprint density at radius 3 is 2.00 bits per heavy atom. The van der Waals surface area contributed by atoms with E-state index >= 15 is 0 Å². The summed E-state index contributed by atoms with van der Waals surface area (Å²) >= 11 is 3.57. The van der Waals surface area contributed by atoms with E-state index in [4.69, 9.17) is 0 Å². The molecule has 0 spiro atoms. The predicted molar refractivity (Wildman–Crippen MR) is 70.3 cm³/mol. The fraction of sp³-hybridized carbons (Fsp3) is 1.00. The average Bonchev–Trinajstić information content (AvgIpc) is 2.01. The number of halogens is 1. The maximum absolute atomic E-state index is 11.8. The molecule has 92 valence electrons. The molecule has 0 aromatic heterocycles. The minimum absolute atomic E-state index is 0.297. The van der Waals surface area contributed by atoms with Gasteiger partial charge in [0.25, 0.3) is 0 Å². The average molecular weight is 299 g/mol. The monoisotopic (exact) mass is 298 g/mol. The van der Waals surface area contributed by atoms with Crippen LogP contribution >= 0.6 is 15.9 Å². The lowest BCUT2D eigenvalue weighted by Gasteiger charge is -2.20. The number of hydrogen-bond donors (Lipinski definition) is 0. The summed E-state index contributed by atoms with van der Waals surface area (Å²) in [6.07, 6.45) is 1.67. The van der Waals surface area contributed by atoms with Crippen molar-refractivity contribution in [2.24, 2.45) is 5.92 Å². The van der Waals surface area contributed by atoms with Crippen LogP contribution < -0.4 is 0 Å². The highest BCUT2D eigenvalue weighted by molar-refractivity contribution is 9.09. The van der Waals surface area contributed by atoms with E-state index in [2.05, 4.69) is 29.8 Å². The Kier molecular flexibility index (Phi) is 5.83. The molecule has 0 N–H and O–H groups in total. The normalized spacial score (nSPS) is 15.7. The Morgan fingerprint density at radius 2 is 1.67 bits per heavy atom. The third-order valence-electron chi connectivity index (χ3n) is 2.55. The third-order valence-corrected chi connectivity index (χ3v) is 6.76. The van der Waals surface area contributed by atoms with Crippen LogP contribution in [0.15, 0.2) is 0 Å². The lowest BCUT2D eigenvalue weighted by molar-refractivity contribution is 0.544. The molecule has 2 nitrogen and oxygen atoms in total. The summed E-state index contributed by atoms with van der Waals surface area (Å²) in [7, 11) is -2.94. The second-order valence-electron chi connectivity index (χ2n) is 5.33. The molecule has 0 aliphatic rings. The minimum Gasteiger partial charge on any atom is -0.228 e. The van der Waals surface area contributed by atoms with Crippen molar-refractivity contribution < 1.29 is 8.42 Å². The molecule has 0 heterocycles. The van der Waals surface area contributed by atoms with Gasteiger partial charge in [-0.3, -0.25) is 0 Å². The lowest BCUT2D eigenvalue weighted by Crippen LogP contribution is -2.30. The molecular weight excluding hydrogens is 276 g/mol. The van der Waals surface area contributed by atoms with Gasteiger partial charge >= 0.3 is 0 Å². The van der Waals surface area contributed by atoms with Crippen LogP contribution in [-0.2, 0) is 9.84 Å². The zero-order chi connectivity index (χ0) is 12.3. The third kappa shape index (κ3) is 5.34. The van der Waals surface area contributed by atoms with Gasteiger partial charge in [0.05, 0.1) is 10.5 Å². The molecule has 1 unspecified atom stereocenters. The van der Waals surface area contributed by atoms with Crippen LogP contribution in [0.4, 0.5) is 0 Å². The second-order valence-corrected chi connectivity index (χ2v) is 9.37. The number of hydrogen-bond acceptors (Lipinski definition) is 2. The van der Waals surface area contributed by atoms with Gasteiger partial charge in [-0.25, -0.2) is 8.42 Å². The van der Waals surface area contributed by atoms with Crippen LogP contribution in [0, 0.1) is 5.92 Å². The standard InChI is InChI=1S/C11H23BrO2S/c1-9(2)10(12)7-6-8-15(13,14)11(3,4)5/h9-10H,6-8H2,1-5H3. The first-order valence-corrected chi connectivity index (χ1v) is 8.01. The molecule has 0 fully saturated rings. The largest absolute Gasteiger partial charge is 0.228 e. The van der Waals surface area contributed by atoms with Crippen molar-refractivity contribution in [1.29, 1.82) is 0 Å². The van der Waals surface area contributed by atoms with Gasteiger partial charge in [0.15, 0.2) is 9.84 Å². The number of sulfone groups is 1. The first kappa shape index (κ1) is 15.4. The molecule has 0 aromatic rings. The quantitative estimate of drug-likeness (QED) is 0.729. The zero-order valence-corrected chi connectivity index (χ0v) is 12.8. The highest BCUT2D eigenvalue weighted by atomic mass is 79.9. The summed E-state index contributed by atoms with van der Waals surface area (Å²) in [5.41, 5.74) is 0. The van der Waals surface area contributed by atoms with E-state index in [0.29, 0.717) is 16.5 Å². The highest BCUT2D eigenvalue weighted by Crippen LogP contribution is 2.21. The minimum atomic E-state index is -2.94. The molecule has 4 heteroatoms. The summed E-state index contributed by atoms with van der Waals surface area (Å²) < 4.78 is 23.0. The van der Waals surface area contributed by atoms with Gasteiger partial charge in [-0.05, 0) is 39.5 Å². The zero-order valence-electron chi connectivity index (χ0n) is 10.4. The Morgan fingerprint density at radius 1 is 1.20 bits per heavy atom. The molecule has 0 rings (SSSR count). The Labute approximate surface area is 103 Å². The molecule has 0 aliphatic heterocycles. The van der Waals surface area contributed by atoms with E-state index in [-0.39, 0.29) is 0 Å². The van der Waals surface area contributed by atoms with Crippen molar-refractivity contribution in [2.45, 2.75) is 57.0 Å². The van der Waals surface area contributed by atoms with Crippen LogP contribution in [-0.4, -0.2) is 23.7 Å². The Hall–Kier alpha value is 0.430. The summed E-state index contributed by atoms with van der Waals surface area (Å²) in [6.45, 7) is 9.55. The van der Waals surface area contributed by atoms with Gasteiger partial charge in [-0.15, -0.1) is 0 Å². The lowest BCUT2D eigenvalue weighted by atomic mass is 10.1. The van der Waals surface area contributed by atoms with Crippen LogP contribution in [0.1, 0.15) is 47.5 Å². The maximum atomic E-state index is 11.8. The topological polar surface area (TPSA) is 34.1 Å². The molecular formula is C11H23BrO2S. The second kappa shape index (κ2) is 5.67. The van der Waals surface area contributed by atoms with Gasteiger partial charge in [-0.2, -0.15) is 0 Å². The molecule has 0 aromatic carbocycles. The highest BCUT2D eigenvalue weighted by Gasteiger charge is 2.28. The van der Waals surface area contributed by atoms with Gasteiger partial charge < -0.3 is 0 Å². The van der Waals surface area contributed by atoms with E-state index in [1.807, 2.05) is 0 Å². The van der Waals surface area contributed by atoms with E-state index in [0.717, 1.165) is 12.8 Å². The van der Waals surface area contributed by atoms with Crippen molar-refractivity contribution in [1.82, 2.24) is 0 Å². The summed E-state index contributed by atoms with van der Waals surface area (Å²) in [5, 5.41) is 0. The van der Waals surface area contributed by atoms with Crippen LogP contribution in [0.3, 0.4) is 0 Å². The number of alkyl halides is 1. The first-order valence-electron chi connectivity index (χ1n) is 5.44. The smallest absolute Gasteiger partial charge is 0.155 e. The SMILES string of the molecule is CC(C)C(Br)CCCS(=O)(=O)C(C)(C)C. The molecule has 1 atom stereocenters. The summed E-state index contributed by atoms with van der Waals surface area (Å²) in [4.78, 5) is 0.424. The van der Waals surface area contributed by atoms with E-state index < -0.39 is 14.6 Å². The van der Waals surface area contributed by atoms with Crippen molar-refractivity contribution in [3.63, 3.8) is 0 Å². The molecule has 0 saturated carbocycles. The molecule has 0 saturated heterocycles.